The fourth-order valence-electron chi connectivity index (χ4n) is 0.634. The summed E-state index contributed by atoms with van der Waals surface area (Å²) < 4.78 is 0. The van der Waals surface area contributed by atoms with Crippen LogP contribution in [0, 0.1) is 12.3 Å². The molecule has 0 fully saturated rings. The number of amides is 1. The normalized spacial score (nSPS) is 14.3. The second-order valence-electron chi connectivity index (χ2n) is 2.60. The summed E-state index contributed by atoms with van der Waals surface area (Å²) in [6.45, 7) is -0.418. The van der Waals surface area contributed by atoms with Crippen molar-refractivity contribution in [2.75, 3.05) is 13.2 Å². The third-order valence-electron chi connectivity index (χ3n) is 1.40. The average Bonchev–Trinajstić information content (AvgIpc) is 2.13. The summed E-state index contributed by atoms with van der Waals surface area (Å²) in [6.07, 6.45) is 4.15. The summed E-state index contributed by atoms with van der Waals surface area (Å²) in [4.78, 5) is 11.0. The molecule has 0 saturated heterocycles. The Labute approximate surface area is 76.9 Å². The summed E-state index contributed by atoms with van der Waals surface area (Å²) in [5, 5.41) is 19.6. The monoisotopic (exact) mass is 186 g/mol. The van der Waals surface area contributed by atoms with Gasteiger partial charge < -0.3 is 21.3 Å². The molecule has 2 atom stereocenters. The van der Waals surface area contributed by atoms with Crippen LogP contribution in [0.1, 0.15) is 6.42 Å². The minimum atomic E-state index is -0.956. The van der Waals surface area contributed by atoms with E-state index < -0.39 is 24.7 Å². The van der Waals surface area contributed by atoms with Crippen LogP contribution in [0.4, 0.5) is 0 Å². The molecule has 0 heterocycles. The van der Waals surface area contributed by atoms with E-state index in [1.165, 1.54) is 0 Å². The van der Waals surface area contributed by atoms with Crippen molar-refractivity contribution in [1.82, 2.24) is 5.32 Å². The molecule has 0 rings (SSSR count). The number of terminal acetylenes is 1. The summed E-state index contributed by atoms with van der Waals surface area (Å²) >= 11 is 0. The number of nitrogens with one attached hydrogen (secondary N) is 1. The van der Waals surface area contributed by atoms with E-state index in [-0.39, 0.29) is 13.0 Å². The van der Waals surface area contributed by atoms with Crippen LogP contribution in [-0.4, -0.2) is 41.4 Å². The first-order chi connectivity index (χ1) is 6.11. The van der Waals surface area contributed by atoms with Gasteiger partial charge in [0.25, 0.3) is 0 Å². The zero-order chi connectivity index (χ0) is 10.3. The van der Waals surface area contributed by atoms with Crippen LogP contribution in [0.25, 0.3) is 0 Å². The van der Waals surface area contributed by atoms with Crippen LogP contribution in [0.2, 0.25) is 0 Å². The fraction of sp³-hybridized carbons (Fsp3) is 0.625. The van der Waals surface area contributed by atoms with Crippen LogP contribution in [-0.2, 0) is 4.79 Å². The maximum atomic E-state index is 11.0. The van der Waals surface area contributed by atoms with Gasteiger partial charge in [0, 0.05) is 13.0 Å². The van der Waals surface area contributed by atoms with Crippen LogP contribution >= 0.6 is 0 Å². The predicted molar refractivity (Wildman–Crippen MR) is 47.5 cm³/mol. The van der Waals surface area contributed by atoms with E-state index in [0.717, 1.165) is 0 Å². The Bertz CT molecular complexity index is 200. The number of hydrogen-bond donors (Lipinski definition) is 4. The molecule has 13 heavy (non-hydrogen) atoms. The number of hydrogen-bond acceptors (Lipinski definition) is 4. The van der Waals surface area contributed by atoms with Crippen molar-refractivity contribution in [3.63, 3.8) is 0 Å². The Morgan fingerprint density at radius 1 is 1.69 bits per heavy atom. The molecule has 0 bridgehead atoms. The Morgan fingerprint density at radius 3 is 2.77 bits per heavy atom. The lowest BCUT2D eigenvalue weighted by molar-refractivity contribution is -0.122. The molecule has 0 aromatic rings. The molecular formula is C8H14N2O3. The highest BCUT2D eigenvalue weighted by molar-refractivity contribution is 5.81. The van der Waals surface area contributed by atoms with Gasteiger partial charge in [0.2, 0.25) is 5.91 Å². The van der Waals surface area contributed by atoms with E-state index in [1.54, 1.807) is 0 Å². The van der Waals surface area contributed by atoms with Crippen molar-refractivity contribution in [2.24, 2.45) is 5.73 Å². The topological polar surface area (TPSA) is 95.6 Å². The zero-order valence-electron chi connectivity index (χ0n) is 7.23. The molecule has 74 valence electrons. The standard InChI is InChI=1S/C8H14N2O3/c1-2-3-7(9)8(13)10-4-6(12)5-11/h1,6-7,11-12H,3-5,9H2,(H,10,13). The van der Waals surface area contributed by atoms with E-state index in [0.29, 0.717) is 0 Å². The van der Waals surface area contributed by atoms with Gasteiger partial charge in [-0.2, -0.15) is 0 Å². The molecule has 5 nitrogen and oxygen atoms in total. The smallest absolute Gasteiger partial charge is 0.237 e. The van der Waals surface area contributed by atoms with E-state index in [4.69, 9.17) is 22.4 Å². The van der Waals surface area contributed by atoms with Crippen molar-refractivity contribution < 1.29 is 15.0 Å². The van der Waals surface area contributed by atoms with Crippen LogP contribution in [0.5, 0.6) is 0 Å². The predicted octanol–water partition coefficient (Wildman–Crippen LogP) is -2.19. The summed E-state index contributed by atoms with van der Waals surface area (Å²) in [5.74, 6) is 1.83. The number of rotatable bonds is 5. The molecule has 0 spiro atoms. The third-order valence-corrected chi connectivity index (χ3v) is 1.40. The van der Waals surface area contributed by atoms with Gasteiger partial charge in [-0.1, -0.05) is 0 Å². The number of carbonyl (C=O) groups is 1. The van der Waals surface area contributed by atoms with E-state index in [1.807, 2.05) is 0 Å². The minimum absolute atomic E-state index is 0.0202. The summed E-state index contributed by atoms with van der Waals surface area (Å²) in [7, 11) is 0. The van der Waals surface area contributed by atoms with Crippen LogP contribution < -0.4 is 11.1 Å². The second kappa shape index (κ2) is 6.43. The third kappa shape index (κ3) is 5.20. The number of aliphatic hydroxyl groups is 2. The second-order valence-corrected chi connectivity index (χ2v) is 2.60. The lowest BCUT2D eigenvalue weighted by Crippen LogP contribution is -2.43. The molecule has 5 heteroatoms. The SMILES string of the molecule is C#CCC(N)C(=O)NCC(O)CO. The van der Waals surface area contributed by atoms with Gasteiger partial charge >= 0.3 is 0 Å². The molecule has 2 unspecified atom stereocenters. The first-order valence-electron chi connectivity index (χ1n) is 3.87. The molecule has 0 aliphatic carbocycles. The van der Waals surface area contributed by atoms with Crippen molar-refractivity contribution in [3.8, 4) is 12.3 Å². The van der Waals surface area contributed by atoms with Crippen molar-refractivity contribution >= 4 is 5.91 Å². The van der Waals surface area contributed by atoms with Gasteiger partial charge in [-0.3, -0.25) is 4.79 Å². The molecule has 0 aliphatic rings. The largest absolute Gasteiger partial charge is 0.394 e. The molecular weight excluding hydrogens is 172 g/mol. The highest BCUT2D eigenvalue weighted by Crippen LogP contribution is 1.86. The zero-order valence-corrected chi connectivity index (χ0v) is 7.23. The van der Waals surface area contributed by atoms with Crippen LogP contribution in [0.3, 0.4) is 0 Å². The van der Waals surface area contributed by atoms with Crippen molar-refractivity contribution in [1.29, 1.82) is 0 Å². The molecule has 1 amide bonds. The van der Waals surface area contributed by atoms with Crippen LogP contribution in [0.15, 0.2) is 0 Å². The maximum absolute atomic E-state index is 11.0. The number of nitrogens with two attached hydrogens (primary N) is 1. The fourth-order valence-corrected chi connectivity index (χ4v) is 0.634. The minimum Gasteiger partial charge on any atom is -0.394 e. The summed E-state index contributed by atoms with van der Waals surface area (Å²) in [5.41, 5.74) is 5.36. The van der Waals surface area contributed by atoms with Gasteiger partial charge in [0.1, 0.15) is 0 Å². The summed E-state index contributed by atoms with van der Waals surface area (Å²) in [6, 6.07) is -0.754. The van der Waals surface area contributed by atoms with Gasteiger partial charge in [-0.25, -0.2) is 0 Å². The van der Waals surface area contributed by atoms with Crippen molar-refractivity contribution in [2.45, 2.75) is 18.6 Å². The molecule has 0 aromatic carbocycles. The molecule has 5 N–H and O–H groups in total. The van der Waals surface area contributed by atoms with E-state index >= 15 is 0 Å². The van der Waals surface area contributed by atoms with E-state index in [2.05, 4.69) is 11.2 Å². The maximum Gasteiger partial charge on any atom is 0.237 e. The molecule has 0 saturated carbocycles. The van der Waals surface area contributed by atoms with Crippen molar-refractivity contribution in [3.05, 3.63) is 0 Å². The molecule has 0 aromatic heterocycles. The Hall–Kier alpha value is -1.09. The highest BCUT2D eigenvalue weighted by Gasteiger charge is 2.12. The van der Waals surface area contributed by atoms with E-state index in [9.17, 15) is 4.79 Å². The van der Waals surface area contributed by atoms with Gasteiger partial charge in [-0.15, -0.1) is 12.3 Å². The lowest BCUT2D eigenvalue weighted by atomic mass is 10.2. The average molecular weight is 186 g/mol. The van der Waals surface area contributed by atoms with Gasteiger partial charge in [0.05, 0.1) is 18.8 Å². The molecule has 0 radical (unpaired) electrons. The van der Waals surface area contributed by atoms with Gasteiger partial charge in [0.15, 0.2) is 0 Å². The Morgan fingerprint density at radius 2 is 2.31 bits per heavy atom. The Balaban J connectivity index is 3.69. The highest BCUT2D eigenvalue weighted by atomic mass is 16.3. The Kier molecular flexibility index (Phi) is 5.89. The molecule has 0 aliphatic heterocycles. The quantitative estimate of drug-likeness (QED) is 0.367. The number of aliphatic hydroxyl groups excluding tert-OH is 2. The lowest BCUT2D eigenvalue weighted by Gasteiger charge is -2.11. The number of carbonyl (C=O) groups excluding carboxylic acids is 1. The first kappa shape index (κ1) is 11.9. The van der Waals surface area contributed by atoms with Gasteiger partial charge in [-0.05, 0) is 0 Å². The first-order valence-corrected chi connectivity index (χ1v) is 3.87.